The normalized spacial score (nSPS) is 12.7. The summed E-state index contributed by atoms with van der Waals surface area (Å²) in [6, 6.07) is 5.36. The van der Waals surface area contributed by atoms with Crippen LogP contribution < -0.4 is 5.32 Å². The average Bonchev–Trinajstić information content (AvgIpc) is 2.64. The highest BCUT2D eigenvalue weighted by atomic mass is 16.4. The molecule has 1 aliphatic heterocycles. The highest BCUT2D eigenvalue weighted by molar-refractivity contribution is 6.12. The van der Waals surface area contributed by atoms with Gasteiger partial charge in [-0.05, 0) is 24.3 Å². The number of phenols is 1. The molecule has 0 unspecified atom stereocenters. The Bertz CT molecular complexity index is 459. The molecule has 0 aliphatic carbocycles. The van der Waals surface area contributed by atoms with Gasteiger partial charge in [0.25, 0.3) is 11.8 Å². The van der Waals surface area contributed by atoms with E-state index in [1.54, 1.807) is 0 Å². The zero-order chi connectivity index (χ0) is 12.8. The van der Waals surface area contributed by atoms with Gasteiger partial charge in [-0.3, -0.25) is 14.9 Å². The molecule has 0 saturated carbocycles. The Morgan fingerprint density at radius 2 is 1.47 bits per heavy atom. The number of hydrogen-bond donors (Lipinski definition) is 3. The Kier molecular flexibility index (Phi) is 3.99. The van der Waals surface area contributed by atoms with Crippen molar-refractivity contribution in [2.45, 2.75) is 0 Å². The number of carboxylic acids is 1. The third-order valence-electron chi connectivity index (χ3n) is 1.75. The first-order chi connectivity index (χ1) is 7.99. The van der Waals surface area contributed by atoms with Crippen molar-refractivity contribution in [3.8, 4) is 5.75 Å². The lowest BCUT2D eigenvalue weighted by molar-refractivity contribution is -0.123. The smallest absolute Gasteiger partial charge is 0.335 e. The van der Waals surface area contributed by atoms with E-state index in [1.807, 2.05) is 5.32 Å². The van der Waals surface area contributed by atoms with Crippen LogP contribution in [-0.4, -0.2) is 28.0 Å². The maximum Gasteiger partial charge on any atom is 0.335 e. The fourth-order valence-electron chi connectivity index (χ4n) is 0.960. The van der Waals surface area contributed by atoms with Crippen LogP contribution in [-0.2, 0) is 9.59 Å². The lowest BCUT2D eigenvalue weighted by atomic mass is 10.2. The average molecular weight is 235 g/mol. The second kappa shape index (κ2) is 5.45. The standard InChI is InChI=1S/C7H6O3.C4H3NO2/c8-6-3-1-5(2-4-6)7(9)10;6-3-1-2-4(7)5-3/h1-4,8H,(H,9,10);1-2H,(H,5,6,7). The van der Waals surface area contributed by atoms with Gasteiger partial charge in [0, 0.05) is 12.2 Å². The Labute approximate surface area is 96.2 Å². The van der Waals surface area contributed by atoms with Crippen LogP contribution in [0.3, 0.4) is 0 Å². The fourth-order valence-corrected chi connectivity index (χ4v) is 0.960. The van der Waals surface area contributed by atoms with E-state index in [-0.39, 0.29) is 23.1 Å². The monoisotopic (exact) mass is 235 g/mol. The van der Waals surface area contributed by atoms with Gasteiger partial charge in [-0.1, -0.05) is 0 Å². The molecule has 2 rings (SSSR count). The van der Waals surface area contributed by atoms with Gasteiger partial charge in [-0.2, -0.15) is 0 Å². The second-order valence-electron chi connectivity index (χ2n) is 3.04. The molecule has 6 heteroatoms. The van der Waals surface area contributed by atoms with Crippen LogP contribution in [0.5, 0.6) is 5.75 Å². The van der Waals surface area contributed by atoms with E-state index in [4.69, 9.17) is 10.2 Å². The Morgan fingerprint density at radius 1 is 1.00 bits per heavy atom. The number of carbonyl (C=O) groups excluding carboxylic acids is 2. The van der Waals surface area contributed by atoms with Crippen LogP contribution >= 0.6 is 0 Å². The van der Waals surface area contributed by atoms with E-state index < -0.39 is 5.97 Å². The molecule has 1 aliphatic rings. The Hall–Kier alpha value is -2.63. The van der Waals surface area contributed by atoms with Crippen LogP contribution in [0.15, 0.2) is 36.4 Å². The number of amides is 2. The molecular weight excluding hydrogens is 226 g/mol. The summed E-state index contributed by atoms with van der Waals surface area (Å²) in [4.78, 5) is 30.3. The highest BCUT2D eigenvalue weighted by Gasteiger charge is 2.06. The maximum absolute atomic E-state index is 10.2. The van der Waals surface area contributed by atoms with E-state index in [9.17, 15) is 14.4 Å². The number of imide groups is 1. The van der Waals surface area contributed by atoms with Crippen LogP contribution in [0.2, 0.25) is 0 Å². The molecule has 0 bridgehead atoms. The van der Waals surface area contributed by atoms with Gasteiger partial charge < -0.3 is 10.2 Å². The predicted molar refractivity (Wildman–Crippen MR) is 57.4 cm³/mol. The zero-order valence-electron chi connectivity index (χ0n) is 8.58. The minimum Gasteiger partial charge on any atom is -0.508 e. The molecule has 1 aromatic rings. The minimum absolute atomic E-state index is 0.0741. The fraction of sp³-hybridized carbons (Fsp3) is 0. The van der Waals surface area contributed by atoms with Crippen molar-refractivity contribution in [1.82, 2.24) is 5.32 Å². The minimum atomic E-state index is -0.986. The summed E-state index contributed by atoms with van der Waals surface area (Å²) >= 11 is 0. The number of rotatable bonds is 1. The lowest BCUT2D eigenvalue weighted by Crippen LogP contribution is -2.19. The molecule has 17 heavy (non-hydrogen) atoms. The van der Waals surface area contributed by atoms with Crippen molar-refractivity contribution in [3.63, 3.8) is 0 Å². The van der Waals surface area contributed by atoms with Crippen molar-refractivity contribution in [2.75, 3.05) is 0 Å². The predicted octanol–water partition coefficient (Wildman–Crippen LogP) is 0.289. The number of hydrogen-bond acceptors (Lipinski definition) is 4. The van der Waals surface area contributed by atoms with Gasteiger partial charge in [0.2, 0.25) is 0 Å². The second-order valence-corrected chi connectivity index (χ2v) is 3.04. The SMILES string of the molecule is O=C(O)c1ccc(O)cc1.O=C1C=CC(=O)N1. The number of phenolic OH excluding ortho intramolecular Hbond substituents is 1. The number of benzene rings is 1. The van der Waals surface area contributed by atoms with Crippen molar-refractivity contribution in [1.29, 1.82) is 0 Å². The van der Waals surface area contributed by atoms with Gasteiger partial charge in [0.05, 0.1) is 5.56 Å². The van der Waals surface area contributed by atoms with Crippen LogP contribution in [0.4, 0.5) is 0 Å². The first kappa shape index (κ1) is 12.4. The van der Waals surface area contributed by atoms with E-state index in [1.165, 1.54) is 36.4 Å². The molecule has 0 radical (unpaired) electrons. The molecule has 2 amide bonds. The van der Waals surface area contributed by atoms with Crippen LogP contribution in [0.1, 0.15) is 10.4 Å². The summed E-state index contributed by atoms with van der Waals surface area (Å²) in [7, 11) is 0. The van der Waals surface area contributed by atoms with Gasteiger partial charge in [-0.25, -0.2) is 4.79 Å². The number of carboxylic acid groups (broad SMARTS) is 1. The molecule has 6 nitrogen and oxygen atoms in total. The number of aromatic carboxylic acids is 1. The van der Waals surface area contributed by atoms with Crippen molar-refractivity contribution in [2.24, 2.45) is 0 Å². The van der Waals surface area contributed by atoms with Crippen molar-refractivity contribution >= 4 is 17.8 Å². The summed E-state index contributed by atoms with van der Waals surface area (Å²) in [5, 5.41) is 19.2. The molecule has 1 aromatic carbocycles. The lowest BCUT2D eigenvalue weighted by Gasteiger charge is -1.92. The number of carbonyl (C=O) groups is 3. The largest absolute Gasteiger partial charge is 0.508 e. The van der Waals surface area contributed by atoms with E-state index in [0.29, 0.717) is 0 Å². The summed E-state index contributed by atoms with van der Waals surface area (Å²) in [5.74, 6) is -1.57. The van der Waals surface area contributed by atoms with E-state index in [0.717, 1.165) is 0 Å². The molecule has 0 aromatic heterocycles. The quantitative estimate of drug-likeness (QED) is 0.607. The Balaban J connectivity index is 0.000000181. The molecule has 1 heterocycles. The number of nitrogens with one attached hydrogen (secondary N) is 1. The first-order valence-electron chi connectivity index (χ1n) is 4.54. The zero-order valence-corrected chi connectivity index (χ0v) is 8.58. The summed E-state index contributed by atoms with van der Waals surface area (Å²) in [6.45, 7) is 0. The van der Waals surface area contributed by atoms with E-state index >= 15 is 0 Å². The van der Waals surface area contributed by atoms with Gasteiger partial charge >= 0.3 is 5.97 Å². The van der Waals surface area contributed by atoms with E-state index in [2.05, 4.69) is 0 Å². The van der Waals surface area contributed by atoms with Crippen LogP contribution in [0, 0.1) is 0 Å². The Morgan fingerprint density at radius 3 is 1.76 bits per heavy atom. The summed E-state index contributed by atoms with van der Waals surface area (Å²) < 4.78 is 0. The topological polar surface area (TPSA) is 104 Å². The molecule has 3 N–H and O–H groups in total. The van der Waals surface area contributed by atoms with Gasteiger partial charge in [0.1, 0.15) is 5.75 Å². The molecule has 88 valence electrons. The third kappa shape index (κ3) is 4.17. The third-order valence-corrected chi connectivity index (χ3v) is 1.75. The molecule has 0 fully saturated rings. The molecule has 0 spiro atoms. The van der Waals surface area contributed by atoms with Gasteiger partial charge in [-0.15, -0.1) is 0 Å². The summed E-state index contributed by atoms with van der Waals surface area (Å²) in [5.41, 5.74) is 0.179. The molecule has 0 atom stereocenters. The van der Waals surface area contributed by atoms with Gasteiger partial charge in [0.15, 0.2) is 0 Å². The highest BCUT2D eigenvalue weighted by Crippen LogP contribution is 2.08. The maximum atomic E-state index is 10.2. The number of aromatic hydroxyl groups is 1. The van der Waals surface area contributed by atoms with Crippen LogP contribution in [0.25, 0.3) is 0 Å². The van der Waals surface area contributed by atoms with Crippen molar-refractivity contribution < 1.29 is 24.6 Å². The molecular formula is C11H9NO5. The van der Waals surface area contributed by atoms with Crippen molar-refractivity contribution in [3.05, 3.63) is 42.0 Å². The summed E-state index contributed by atoms with van der Waals surface area (Å²) in [6.07, 6.45) is 2.39. The molecule has 0 saturated heterocycles. The first-order valence-corrected chi connectivity index (χ1v) is 4.54.